The molecule has 9 heteroatoms. The zero-order chi connectivity index (χ0) is 25.8. The average Bonchev–Trinajstić information content (AvgIpc) is 3.66. The molecule has 0 aliphatic carbocycles. The highest BCUT2D eigenvalue weighted by Gasteiger charge is 2.17. The van der Waals surface area contributed by atoms with Crippen LogP contribution in [0.25, 0.3) is 28.7 Å². The van der Waals surface area contributed by atoms with Gasteiger partial charge in [-0.15, -0.1) is 11.3 Å². The third kappa shape index (κ3) is 5.05. The van der Waals surface area contributed by atoms with Gasteiger partial charge in [0.1, 0.15) is 33.8 Å². The number of benzene rings is 2. The lowest BCUT2D eigenvalue weighted by molar-refractivity contribution is -0.115. The number of para-hydroxylation sites is 1. The Bertz CT molecular complexity index is 1770. The molecule has 2 aromatic carbocycles. The number of carbonyl (C=O) groups is 1. The maximum Gasteiger partial charge on any atom is 0.273 e. The molecule has 3 aromatic heterocycles. The number of carbonyl (C=O) groups excluding carboxylic acids is 1. The normalized spacial score (nSPS) is 12.3. The van der Waals surface area contributed by atoms with E-state index < -0.39 is 11.5 Å². The largest absolute Gasteiger partial charge is 0.467 e. The molecule has 0 bridgehead atoms. The standard InChI is InChI=1S/C28H18FN3O4S/c29-19-10-8-18(9-11-19)24-13-12-21(36-24)15-25-27(34)32(20-5-2-1-3-6-20)28(37-25)23(16-30)26(33)31-17-22-7-4-14-35-22/h1-15H,17H2,(H,31,33). The van der Waals surface area contributed by atoms with Gasteiger partial charge in [-0.3, -0.25) is 14.2 Å². The first kappa shape index (κ1) is 23.8. The van der Waals surface area contributed by atoms with Gasteiger partial charge in [0, 0.05) is 11.6 Å². The molecule has 0 saturated carbocycles. The molecule has 0 aliphatic heterocycles. The maximum atomic E-state index is 13.5. The summed E-state index contributed by atoms with van der Waals surface area (Å²) in [6.45, 7) is 0.0928. The van der Waals surface area contributed by atoms with Crippen molar-refractivity contribution in [3.63, 3.8) is 0 Å². The topological polar surface area (TPSA) is 101 Å². The number of nitrogens with zero attached hydrogens (tertiary/aromatic N) is 2. The van der Waals surface area contributed by atoms with Crippen molar-refractivity contribution in [2.24, 2.45) is 0 Å². The average molecular weight is 512 g/mol. The van der Waals surface area contributed by atoms with Gasteiger partial charge >= 0.3 is 0 Å². The van der Waals surface area contributed by atoms with Crippen molar-refractivity contribution in [1.29, 1.82) is 5.26 Å². The minimum Gasteiger partial charge on any atom is -0.467 e. The number of hydrogen-bond donors (Lipinski definition) is 1. The molecule has 5 rings (SSSR count). The number of halogens is 1. The van der Waals surface area contributed by atoms with E-state index in [1.54, 1.807) is 72.8 Å². The fourth-order valence-corrected chi connectivity index (χ4v) is 4.74. The van der Waals surface area contributed by atoms with Gasteiger partial charge in [-0.05, 0) is 60.7 Å². The van der Waals surface area contributed by atoms with E-state index in [0.29, 0.717) is 28.5 Å². The van der Waals surface area contributed by atoms with Crippen molar-refractivity contribution >= 4 is 28.9 Å². The summed E-state index contributed by atoms with van der Waals surface area (Å²) in [6.07, 6.45) is 3.04. The summed E-state index contributed by atoms with van der Waals surface area (Å²) in [5, 5.41) is 12.5. The Morgan fingerprint density at radius 1 is 1.05 bits per heavy atom. The summed E-state index contributed by atoms with van der Waals surface area (Å²) in [5.41, 5.74) is 0.584. The summed E-state index contributed by atoms with van der Waals surface area (Å²) in [5.74, 6) is 0.444. The molecule has 1 amide bonds. The van der Waals surface area contributed by atoms with E-state index >= 15 is 0 Å². The molecule has 0 unspecified atom stereocenters. The van der Waals surface area contributed by atoms with Gasteiger partial charge in [-0.2, -0.15) is 5.26 Å². The molecule has 5 aromatic rings. The van der Waals surface area contributed by atoms with Gasteiger partial charge in [0.25, 0.3) is 11.5 Å². The second kappa shape index (κ2) is 10.4. The number of amides is 1. The number of hydrogen-bond acceptors (Lipinski definition) is 6. The van der Waals surface area contributed by atoms with Crippen LogP contribution < -0.4 is 20.1 Å². The van der Waals surface area contributed by atoms with Crippen LogP contribution in [0.5, 0.6) is 0 Å². The molecule has 0 fully saturated rings. The number of aromatic nitrogens is 1. The minimum absolute atomic E-state index is 0.0928. The summed E-state index contributed by atoms with van der Waals surface area (Å²) in [7, 11) is 0. The first-order valence-corrected chi connectivity index (χ1v) is 11.9. The van der Waals surface area contributed by atoms with Crippen LogP contribution in [0.1, 0.15) is 11.5 Å². The smallest absolute Gasteiger partial charge is 0.273 e. The Morgan fingerprint density at radius 3 is 2.54 bits per heavy atom. The van der Waals surface area contributed by atoms with Gasteiger partial charge in [0.2, 0.25) is 0 Å². The van der Waals surface area contributed by atoms with E-state index in [2.05, 4.69) is 5.32 Å². The Morgan fingerprint density at radius 2 is 1.84 bits per heavy atom. The molecule has 0 saturated heterocycles. The van der Waals surface area contributed by atoms with Crippen LogP contribution in [-0.2, 0) is 11.3 Å². The number of thiazole rings is 1. The van der Waals surface area contributed by atoms with Crippen molar-refractivity contribution in [2.75, 3.05) is 0 Å². The highest BCUT2D eigenvalue weighted by atomic mass is 32.1. The number of rotatable bonds is 6. The SMILES string of the molecule is N#CC(C(=O)NCc1ccco1)=c1sc(=Cc2ccc(-c3ccc(F)cc3)o2)c(=O)n1-c1ccccc1. The predicted molar refractivity (Wildman–Crippen MR) is 136 cm³/mol. The van der Waals surface area contributed by atoms with Crippen LogP contribution in [-0.4, -0.2) is 10.5 Å². The highest BCUT2D eigenvalue weighted by Crippen LogP contribution is 2.22. The lowest BCUT2D eigenvalue weighted by atomic mass is 10.2. The van der Waals surface area contributed by atoms with Crippen molar-refractivity contribution in [1.82, 2.24) is 9.88 Å². The third-order valence-corrected chi connectivity index (χ3v) is 6.52. The summed E-state index contributed by atoms with van der Waals surface area (Å²) < 4.78 is 26.1. The maximum absolute atomic E-state index is 13.5. The van der Waals surface area contributed by atoms with Gasteiger partial charge in [-0.25, -0.2) is 4.39 Å². The van der Waals surface area contributed by atoms with Gasteiger partial charge in [-0.1, -0.05) is 18.2 Å². The van der Waals surface area contributed by atoms with E-state index in [1.165, 1.54) is 23.0 Å². The van der Waals surface area contributed by atoms with Crippen LogP contribution in [0.2, 0.25) is 0 Å². The van der Waals surface area contributed by atoms with Crippen molar-refractivity contribution in [3.05, 3.63) is 122 Å². The Kier molecular flexibility index (Phi) is 6.66. The first-order chi connectivity index (χ1) is 18.0. The van der Waals surface area contributed by atoms with Gasteiger partial charge < -0.3 is 14.2 Å². The van der Waals surface area contributed by atoms with Crippen LogP contribution in [0.3, 0.4) is 0 Å². The molecule has 0 atom stereocenters. The Balaban J connectivity index is 1.61. The van der Waals surface area contributed by atoms with E-state index in [9.17, 15) is 19.2 Å². The second-order valence-corrected chi connectivity index (χ2v) is 8.88. The summed E-state index contributed by atoms with van der Waals surface area (Å²) in [6, 6.07) is 23.4. The first-order valence-electron chi connectivity index (χ1n) is 11.1. The minimum atomic E-state index is -0.632. The predicted octanol–water partition coefficient (Wildman–Crippen LogP) is 3.71. The van der Waals surface area contributed by atoms with Gasteiger partial charge in [0.15, 0.2) is 5.57 Å². The molecule has 7 nitrogen and oxygen atoms in total. The second-order valence-electron chi connectivity index (χ2n) is 7.85. The molecule has 0 radical (unpaired) electrons. The monoisotopic (exact) mass is 511 g/mol. The number of nitrogens with one attached hydrogen (secondary N) is 1. The van der Waals surface area contributed by atoms with Crippen LogP contribution in [0, 0.1) is 17.1 Å². The zero-order valence-electron chi connectivity index (χ0n) is 19.2. The van der Waals surface area contributed by atoms with Gasteiger partial charge in [0.05, 0.1) is 23.0 Å². The van der Waals surface area contributed by atoms with Crippen LogP contribution in [0.4, 0.5) is 4.39 Å². The fourth-order valence-electron chi connectivity index (χ4n) is 3.66. The van der Waals surface area contributed by atoms with Crippen LogP contribution >= 0.6 is 11.3 Å². The van der Waals surface area contributed by atoms with E-state index in [-0.39, 0.29) is 27.1 Å². The zero-order valence-corrected chi connectivity index (χ0v) is 20.0. The molecule has 37 heavy (non-hydrogen) atoms. The van der Waals surface area contributed by atoms with Crippen molar-refractivity contribution in [3.8, 4) is 23.1 Å². The van der Waals surface area contributed by atoms with Crippen LogP contribution in [0.15, 0.2) is 98.8 Å². The molecule has 182 valence electrons. The third-order valence-electron chi connectivity index (χ3n) is 5.42. The Labute approximate surface area is 213 Å². The summed E-state index contributed by atoms with van der Waals surface area (Å²) >= 11 is 1.01. The Hall–Kier alpha value is -4.94. The molecule has 0 spiro atoms. The van der Waals surface area contributed by atoms with Crippen molar-refractivity contribution < 1.29 is 18.0 Å². The van der Waals surface area contributed by atoms with E-state index in [1.807, 2.05) is 6.07 Å². The lowest BCUT2D eigenvalue weighted by Crippen LogP contribution is -2.33. The van der Waals surface area contributed by atoms with E-state index in [0.717, 1.165) is 11.3 Å². The summed E-state index contributed by atoms with van der Waals surface area (Å²) in [4.78, 5) is 26.4. The fraction of sp³-hybridized carbons (Fsp3) is 0.0357. The molecular weight excluding hydrogens is 493 g/mol. The molecule has 0 aliphatic rings. The number of nitriles is 1. The van der Waals surface area contributed by atoms with E-state index in [4.69, 9.17) is 8.83 Å². The highest BCUT2D eigenvalue weighted by molar-refractivity contribution is 7.07. The molecule has 3 heterocycles. The lowest BCUT2D eigenvalue weighted by Gasteiger charge is -2.04. The molecule has 1 N–H and O–H groups in total. The van der Waals surface area contributed by atoms with Crippen molar-refractivity contribution in [2.45, 2.75) is 6.54 Å². The number of furan rings is 2. The molecular formula is C28H18FN3O4S. The quantitative estimate of drug-likeness (QED) is 0.375.